The van der Waals surface area contributed by atoms with Crippen LogP contribution in [0.3, 0.4) is 0 Å². The van der Waals surface area contributed by atoms with E-state index in [-0.39, 0.29) is 18.5 Å². The molecular formula is C9H17NO3. The van der Waals surface area contributed by atoms with E-state index < -0.39 is 0 Å². The zero-order valence-corrected chi connectivity index (χ0v) is 8.42. The number of carbonyl (C=O) groups excluding carboxylic acids is 2. The highest BCUT2D eigenvalue weighted by atomic mass is 16.5. The van der Waals surface area contributed by atoms with Gasteiger partial charge in [-0.1, -0.05) is 13.8 Å². The predicted octanol–water partition coefficient (Wildman–Crippen LogP) is 0.712. The number of amides is 1. The fraction of sp³-hybridized carbons (Fsp3) is 0.778. The van der Waals surface area contributed by atoms with Gasteiger partial charge in [0.15, 0.2) is 0 Å². The fourth-order valence-electron chi connectivity index (χ4n) is 0.784. The number of hydrogen-bond acceptors (Lipinski definition) is 3. The fourth-order valence-corrected chi connectivity index (χ4v) is 0.784. The van der Waals surface area contributed by atoms with Crippen LogP contribution in [0.15, 0.2) is 0 Å². The summed E-state index contributed by atoms with van der Waals surface area (Å²) in [5.74, 6) is -0.00599. The molecule has 13 heavy (non-hydrogen) atoms. The number of esters is 1. The standard InChI is InChI=1S/C9H17NO3/c1-7(2)6-9(12)13-5-4-10-8(3)11/h7H,4-6H2,1-3H3,(H,10,11). The predicted molar refractivity (Wildman–Crippen MR) is 49.1 cm³/mol. The van der Waals surface area contributed by atoms with E-state index in [9.17, 15) is 9.59 Å². The molecular weight excluding hydrogens is 170 g/mol. The Bertz CT molecular complexity index is 178. The van der Waals surface area contributed by atoms with Gasteiger partial charge in [-0.05, 0) is 5.92 Å². The summed E-state index contributed by atoms with van der Waals surface area (Å²) in [6.45, 7) is 5.98. The molecule has 0 rings (SSSR count). The van der Waals surface area contributed by atoms with Crippen LogP contribution in [0.25, 0.3) is 0 Å². The van der Waals surface area contributed by atoms with Crippen LogP contribution in [0.4, 0.5) is 0 Å². The first-order valence-electron chi connectivity index (χ1n) is 4.42. The van der Waals surface area contributed by atoms with E-state index in [1.54, 1.807) is 0 Å². The van der Waals surface area contributed by atoms with Gasteiger partial charge in [-0.3, -0.25) is 9.59 Å². The monoisotopic (exact) mass is 187 g/mol. The van der Waals surface area contributed by atoms with Crippen molar-refractivity contribution >= 4 is 11.9 Å². The summed E-state index contributed by atoms with van der Waals surface area (Å²) in [5, 5.41) is 2.54. The molecule has 1 N–H and O–H groups in total. The molecule has 0 aliphatic carbocycles. The first kappa shape index (κ1) is 11.9. The van der Waals surface area contributed by atoms with Crippen LogP contribution in [-0.4, -0.2) is 25.0 Å². The Morgan fingerprint density at radius 2 is 2.00 bits per heavy atom. The van der Waals surface area contributed by atoms with Crippen molar-refractivity contribution in [1.82, 2.24) is 5.32 Å². The number of nitrogens with one attached hydrogen (secondary N) is 1. The minimum Gasteiger partial charge on any atom is -0.464 e. The summed E-state index contributed by atoms with van der Waals surface area (Å²) < 4.78 is 4.85. The summed E-state index contributed by atoms with van der Waals surface area (Å²) >= 11 is 0. The molecule has 0 spiro atoms. The van der Waals surface area contributed by atoms with E-state index in [1.807, 2.05) is 13.8 Å². The third-order valence-electron chi connectivity index (χ3n) is 1.31. The Kier molecular flexibility index (Phi) is 5.93. The Hall–Kier alpha value is -1.06. The van der Waals surface area contributed by atoms with Gasteiger partial charge in [0.25, 0.3) is 0 Å². The van der Waals surface area contributed by atoms with Gasteiger partial charge in [0.05, 0.1) is 6.54 Å². The molecule has 1 amide bonds. The van der Waals surface area contributed by atoms with Gasteiger partial charge < -0.3 is 10.1 Å². The van der Waals surface area contributed by atoms with Gasteiger partial charge in [-0.25, -0.2) is 0 Å². The van der Waals surface area contributed by atoms with Crippen LogP contribution in [0.1, 0.15) is 27.2 Å². The first-order valence-corrected chi connectivity index (χ1v) is 4.42. The number of ether oxygens (including phenoxy) is 1. The van der Waals surface area contributed by atoms with Crippen molar-refractivity contribution < 1.29 is 14.3 Å². The average Bonchev–Trinajstić information content (AvgIpc) is 1.96. The highest BCUT2D eigenvalue weighted by Gasteiger charge is 2.05. The van der Waals surface area contributed by atoms with Crippen LogP contribution in [0.5, 0.6) is 0 Å². The molecule has 0 saturated carbocycles. The maximum atomic E-state index is 11.0. The van der Waals surface area contributed by atoms with Crippen molar-refractivity contribution in [3.05, 3.63) is 0 Å². The quantitative estimate of drug-likeness (QED) is 0.509. The molecule has 0 unspecified atom stereocenters. The van der Waals surface area contributed by atoms with Crippen LogP contribution < -0.4 is 5.32 Å². The Morgan fingerprint density at radius 3 is 2.46 bits per heavy atom. The second-order valence-corrected chi connectivity index (χ2v) is 3.30. The van der Waals surface area contributed by atoms with Crippen LogP contribution in [-0.2, 0) is 14.3 Å². The van der Waals surface area contributed by atoms with Gasteiger partial charge >= 0.3 is 5.97 Å². The van der Waals surface area contributed by atoms with Crippen LogP contribution in [0, 0.1) is 5.92 Å². The molecule has 76 valence electrons. The van der Waals surface area contributed by atoms with Crippen molar-refractivity contribution in [3.63, 3.8) is 0 Å². The molecule has 4 heteroatoms. The Labute approximate surface area is 78.6 Å². The van der Waals surface area contributed by atoms with E-state index in [1.165, 1.54) is 6.92 Å². The molecule has 0 aromatic rings. The molecule has 0 aromatic carbocycles. The molecule has 0 aliphatic rings. The van der Waals surface area contributed by atoms with Crippen molar-refractivity contribution in [2.45, 2.75) is 27.2 Å². The molecule has 0 heterocycles. The molecule has 0 fully saturated rings. The summed E-state index contributed by atoms with van der Waals surface area (Å²) in [5.41, 5.74) is 0. The Morgan fingerprint density at radius 1 is 1.38 bits per heavy atom. The summed E-state index contributed by atoms with van der Waals surface area (Å²) in [6.07, 6.45) is 0.431. The lowest BCUT2D eigenvalue weighted by atomic mass is 10.1. The highest BCUT2D eigenvalue weighted by molar-refractivity contribution is 5.73. The summed E-state index contributed by atoms with van der Waals surface area (Å²) in [4.78, 5) is 21.4. The topological polar surface area (TPSA) is 55.4 Å². The van der Waals surface area contributed by atoms with Crippen molar-refractivity contribution in [2.24, 2.45) is 5.92 Å². The average molecular weight is 187 g/mol. The summed E-state index contributed by atoms with van der Waals surface area (Å²) in [7, 11) is 0. The number of carbonyl (C=O) groups is 2. The second-order valence-electron chi connectivity index (χ2n) is 3.30. The van der Waals surface area contributed by atoms with Crippen molar-refractivity contribution in [1.29, 1.82) is 0 Å². The third kappa shape index (κ3) is 8.85. The maximum Gasteiger partial charge on any atom is 0.306 e. The highest BCUT2D eigenvalue weighted by Crippen LogP contribution is 2.00. The zero-order valence-electron chi connectivity index (χ0n) is 8.42. The van der Waals surface area contributed by atoms with E-state index in [2.05, 4.69) is 5.32 Å². The van der Waals surface area contributed by atoms with Crippen LogP contribution >= 0.6 is 0 Å². The Balaban J connectivity index is 3.32. The number of rotatable bonds is 5. The molecule has 0 aromatic heterocycles. The van der Waals surface area contributed by atoms with Crippen molar-refractivity contribution in [2.75, 3.05) is 13.2 Å². The molecule has 0 bridgehead atoms. The normalized spacial score (nSPS) is 9.85. The lowest BCUT2D eigenvalue weighted by Crippen LogP contribution is -2.25. The lowest BCUT2D eigenvalue weighted by molar-refractivity contribution is -0.144. The maximum absolute atomic E-state index is 11.0. The molecule has 4 nitrogen and oxygen atoms in total. The molecule has 0 aliphatic heterocycles. The van der Waals surface area contributed by atoms with Crippen LogP contribution in [0.2, 0.25) is 0 Å². The lowest BCUT2D eigenvalue weighted by Gasteiger charge is -2.06. The third-order valence-corrected chi connectivity index (χ3v) is 1.31. The second kappa shape index (κ2) is 6.46. The minimum absolute atomic E-state index is 0.111. The molecule has 0 radical (unpaired) electrons. The SMILES string of the molecule is CC(=O)NCCOC(=O)CC(C)C. The van der Waals surface area contributed by atoms with Crippen molar-refractivity contribution in [3.8, 4) is 0 Å². The largest absolute Gasteiger partial charge is 0.464 e. The minimum atomic E-state index is -0.208. The smallest absolute Gasteiger partial charge is 0.306 e. The molecule has 0 saturated heterocycles. The van der Waals surface area contributed by atoms with E-state index in [0.717, 1.165) is 0 Å². The first-order chi connectivity index (χ1) is 6.02. The molecule has 0 atom stereocenters. The van der Waals surface area contributed by atoms with E-state index in [0.29, 0.717) is 18.9 Å². The van der Waals surface area contributed by atoms with Gasteiger partial charge in [-0.15, -0.1) is 0 Å². The van der Waals surface area contributed by atoms with Gasteiger partial charge in [0.1, 0.15) is 6.61 Å². The van der Waals surface area contributed by atoms with Gasteiger partial charge in [0, 0.05) is 13.3 Å². The van der Waals surface area contributed by atoms with E-state index >= 15 is 0 Å². The van der Waals surface area contributed by atoms with Gasteiger partial charge in [0.2, 0.25) is 5.91 Å². The van der Waals surface area contributed by atoms with E-state index in [4.69, 9.17) is 4.74 Å². The summed E-state index contributed by atoms with van der Waals surface area (Å²) in [6, 6.07) is 0. The zero-order chi connectivity index (χ0) is 10.3. The number of hydrogen-bond donors (Lipinski definition) is 1. The van der Waals surface area contributed by atoms with Gasteiger partial charge in [-0.2, -0.15) is 0 Å².